The highest BCUT2D eigenvalue weighted by molar-refractivity contribution is 5.63. The Balaban J connectivity index is 1.36. The minimum absolute atomic E-state index is 0.353. The SMILES string of the molecule is Oc1ccccc1N1CCN(Cc2cn(-c3ccccc3)nc2-c2ccccc2)CC1. The molecule has 1 saturated heterocycles. The number of hydrogen-bond donors (Lipinski definition) is 1. The first-order valence-electron chi connectivity index (χ1n) is 10.7. The summed E-state index contributed by atoms with van der Waals surface area (Å²) in [6, 6.07) is 28.3. The van der Waals surface area contributed by atoms with Gasteiger partial charge >= 0.3 is 0 Å². The smallest absolute Gasteiger partial charge is 0.138 e. The van der Waals surface area contributed by atoms with E-state index in [2.05, 4.69) is 52.4 Å². The number of benzene rings is 3. The molecular formula is C26H26N4O. The lowest BCUT2D eigenvalue weighted by atomic mass is 10.1. The minimum Gasteiger partial charge on any atom is -0.506 e. The maximum absolute atomic E-state index is 10.2. The molecule has 5 nitrogen and oxygen atoms in total. The lowest BCUT2D eigenvalue weighted by Crippen LogP contribution is -2.46. The normalized spacial score (nSPS) is 14.6. The van der Waals surface area contributed by atoms with E-state index in [-0.39, 0.29) is 0 Å². The highest BCUT2D eigenvalue weighted by atomic mass is 16.3. The van der Waals surface area contributed by atoms with Gasteiger partial charge in [-0.25, -0.2) is 4.68 Å². The molecule has 0 bridgehead atoms. The summed E-state index contributed by atoms with van der Waals surface area (Å²) in [5, 5.41) is 15.1. The van der Waals surface area contributed by atoms with Gasteiger partial charge in [-0.2, -0.15) is 5.10 Å². The molecule has 0 atom stereocenters. The Morgan fingerprint density at radius 1 is 0.742 bits per heavy atom. The maximum atomic E-state index is 10.2. The number of para-hydroxylation sites is 3. The first-order chi connectivity index (χ1) is 15.3. The highest BCUT2D eigenvalue weighted by Gasteiger charge is 2.21. The van der Waals surface area contributed by atoms with Crippen LogP contribution in [-0.4, -0.2) is 46.0 Å². The Morgan fingerprint density at radius 3 is 2.10 bits per heavy atom. The van der Waals surface area contributed by atoms with Crippen molar-refractivity contribution in [2.45, 2.75) is 6.54 Å². The lowest BCUT2D eigenvalue weighted by molar-refractivity contribution is 0.249. The number of phenolic OH excluding ortho intramolecular Hbond substituents is 1. The van der Waals surface area contributed by atoms with Gasteiger partial charge in [0.2, 0.25) is 0 Å². The number of aromatic nitrogens is 2. The van der Waals surface area contributed by atoms with Crippen LogP contribution in [0.5, 0.6) is 5.75 Å². The molecule has 156 valence electrons. The third kappa shape index (κ3) is 4.18. The van der Waals surface area contributed by atoms with Gasteiger partial charge in [0.15, 0.2) is 0 Å². The summed E-state index contributed by atoms with van der Waals surface area (Å²) >= 11 is 0. The third-order valence-electron chi connectivity index (χ3n) is 5.85. The fourth-order valence-electron chi connectivity index (χ4n) is 4.20. The molecule has 5 rings (SSSR count). The van der Waals surface area contributed by atoms with Gasteiger partial charge in [-0.15, -0.1) is 0 Å². The van der Waals surface area contributed by atoms with E-state index in [0.29, 0.717) is 5.75 Å². The summed E-state index contributed by atoms with van der Waals surface area (Å²) in [5.41, 5.74) is 5.39. The summed E-state index contributed by atoms with van der Waals surface area (Å²) in [4.78, 5) is 4.73. The zero-order chi connectivity index (χ0) is 21.0. The molecule has 31 heavy (non-hydrogen) atoms. The van der Waals surface area contributed by atoms with Crippen LogP contribution in [0.1, 0.15) is 5.56 Å². The second kappa shape index (κ2) is 8.66. The molecule has 1 N–H and O–H groups in total. The van der Waals surface area contributed by atoms with Crippen LogP contribution < -0.4 is 4.90 Å². The van der Waals surface area contributed by atoms with Crippen LogP contribution in [-0.2, 0) is 6.54 Å². The maximum Gasteiger partial charge on any atom is 0.138 e. The van der Waals surface area contributed by atoms with E-state index in [9.17, 15) is 5.11 Å². The molecular weight excluding hydrogens is 384 g/mol. The molecule has 0 unspecified atom stereocenters. The van der Waals surface area contributed by atoms with E-state index >= 15 is 0 Å². The van der Waals surface area contributed by atoms with Crippen LogP contribution in [0.3, 0.4) is 0 Å². The molecule has 0 saturated carbocycles. The molecule has 5 heteroatoms. The van der Waals surface area contributed by atoms with Gasteiger partial charge in [-0.3, -0.25) is 4.90 Å². The van der Waals surface area contributed by atoms with Crippen LogP contribution in [0.25, 0.3) is 16.9 Å². The van der Waals surface area contributed by atoms with Gasteiger partial charge in [-0.1, -0.05) is 60.7 Å². The quantitative estimate of drug-likeness (QED) is 0.524. The summed E-state index contributed by atoms with van der Waals surface area (Å²) in [7, 11) is 0. The third-order valence-corrected chi connectivity index (χ3v) is 5.85. The summed E-state index contributed by atoms with van der Waals surface area (Å²) in [5.74, 6) is 0.353. The van der Waals surface area contributed by atoms with Crippen LogP contribution in [0.2, 0.25) is 0 Å². The average Bonchev–Trinajstić information content (AvgIpc) is 3.25. The molecule has 0 radical (unpaired) electrons. The molecule has 3 aromatic carbocycles. The fourth-order valence-corrected chi connectivity index (χ4v) is 4.20. The van der Waals surface area contributed by atoms with Crippen LogP contribution in [0.4, 0.5) is 5.69 Å². The van der Waals surface area contributed by atoms with Crippen molar-refractivity contribution in [1.29, 1.82) is 0 Å². The van der Waals surface area contributed by atoms with Gasteiger partial charge in [0.1, 0.15) is 5.75 Å². The van der Waals surface area contributed by atoms with Gasteiger partial charge in [0, 0.05) is 50.0 Å². The van der Waals surface area contributed by atoms with Gasteiger partial charge in [0.25, 0.3) is 0 Å². The van der Waals surface area contributed by atoms with E-state index in [1.54, 1.807) is 6.07 Å². The Kier molecular flexibility index (Phi) is 5.42. The number of rotatable bonds is 5. The first-order valence-corrected chi connectivity index (χ1v) is 10.7. The number of hydrogen-bond acceptors (Lipinski definition) is 4. The Morgan fingerprint density at radius 2 is 1.39 bits per heavy atom. The number of nitrogens with zero attached hydrogens (tertiary/aromatic N) is 4. The topological polar surface area (TPSA) is 44.5 Å². The van der Waals surface area contributed by atoms with E-state index in [1.807, 2.05) is 47.1 Å². The lowest BCUT2D eigenvalue weighted by Gasteiger charge is -2.36. The van der Waals surface area contributed by atoms with Crippen molar-refractivity contribution in [1.82, 2.24) is 14.7 Å². The number of phenols is 1. The van der Waals surface area contributed by atoms with Crippen molar-refractivity contribution >= 4 is 5.69 Å². The molecule has 1 aliphatic rings. The summed E-state index contributed by atoms with van der Waals surface area (Å²) in [6.45, 7) is 4.53. The monoisotopic (exact) mass is 410 g/mol. The van der Waals surface area contributed by atoms with Gasteiger partial charge in [0.05, 0.1) is 17.1 Å². The van der Waals surface area contributed by atoms with Crippen LogP contribution in [0.15, 0.2) is 91.1 Å². The average molecular weight is 411 g/mol. The second-order valence-electron chi connectivity index (χ2n) is 7.90. The predicted molar refractivity (Wildman–Crippen MR) is 125 cm³/mol. The molecule has 4 aromatic rings. The van der Waals surface area contributed by atoms with Crippen molar-refractivity contribution in [3.8, 4) is 22.7 Å². The Hall–Kier alpha value is -3.57. The van der Waals surface area contributed by atoms with Crippen LogP contribution in [0, 0.1) is 0 Å². The van der Waals surface area contributed by atoms with Crippen molar-refractivity contribution in [2.24, 2.45) is 0 Å². The Labute approximate surface area is 182 Å². The zero-order valence-corrected chi connectivity index (χ0v) is 17.4. The number of aromatic hydroxyl groups is 1. The number of anilines is 1. The van der Waals surface area contributed by atoms with Crippen molar-refractivity contribution in [3.05, 3.63) is 96.7 Å². The molecule has 1 aromatic heterocycles. The minimum atomic E-state index is 0.353. The molecule has 1 fully saturated rings. The Bertz CT molecular complexity index is 1130. The standard InChI is InChI=1S/C26H26N4O/c31-25-14-8-7-13-24(25)29-17-15-28(16-18-29)19-22-20-30(23-11-5-2-6-12-23)27-26(22)21-9-3-1-4-10-21/h1-14,20,31H,15-19H2. The number of piperazine rings is 1. The molecule has 0 amide bonds. The van der Waals surface area contributed by atoms with Gasteiger partial charge in [-0.05, 0) is 24.3 Å². The summed E-state index contributed by atoms with van der Waals surface area (Å²) < 4.78 is 1.98. The predicted octanol–water partition coefficient (Wildman–Crippen LogP) is 4.57. The highest BCUT2D eigenvalue weighted by Crippen LogP contribution is 2.29. The molecule has 1 aliphatic heterocycles. The molecule has 0 spiro atoms. The molecule has 0 aliphatic carbocycles. The second-order valence-corrected chi connectivity index (χ2v) is 7.90. The zero-order valence-electron chi connectivity index (χ0n) is 17.4. The van der Waals surface area contributed by atoms with E-state index in [4.69, 9.17) is 5.10 Å². The van der Waals surface area contributed by atoms with Crippen molar-refractivity contribution < 1.29 is 5.11 Å². The fraction of sp³-hybridized carbons (Fsp3) is 0.192. The van der Waals surface area contributed by atoms with E-state index in [1.165, 1.54) is 5.56 Å². The summed E-state index contributed by atoms with van der Waals surface area (Å²) in [6.07, 6.45) is 2.16. The van der Waals surface area contributed by atoms with E-state index in [0.717, 1.165) is 55.4 Å². The first kappa shape index (κ1) is 19.4. The van der Waals surface area contributed by atoms with Crippen molar-refractivity contribution in [2.75, 3.05) is 31.1 Å². The van der Waals surface area contributed by atoms with Gasteiger partial charge < -0.3 is 10.0 Å². The molecule has 2 heterocycles. The van der Waals surface area contributed by atoms with Crippen LogP contribution >= 0.6 is 0 Å². The van der Waals surface area contributed by atoms with E-state index < -0.39 is 0 Å². The van der Waals surface area contributed by atoms with Crippen molar-refractivity contribution in [3.63, 3.8) is 0 Å². The largest absolute Gasteiger partial charge is 0.506 e.